The van der Waals surface area contributed by atoms with Crippen molar-refractivity contribution in [2.24, 2.45) is 0 Å². The summed E-state index contributed by atoms with van der Waals surface area (Å²) in [5, 5.41) is 8.20. The zero-order valence-corrected chi connectivity index (χ0v) is 9.53. The Morgan fingerprint density at radius 2 is 1.88 bits per heavy atom. The van der Waals surface area contributed by atoms with Gasteiger partial charge in [0.25, 0.3) is 0 Å². The molecular weight excluding hydrogens is 232 g/mol. The molecule has 0 unspecified atom stereocenters. The van der Waals surface area contributed by atoms with Crippen molar-refractivity contribution in [3.05, 3.63) is 29.8 Å². The highest BCUT2D eigenvalue weighted by Gasteiger charge is 2.14. The Balaban J connectivity index is 2.71. The summed E-state index contributed by atoms with van der Waals surface area (Å²) >= 11 is 0. The van der Waals surface area contributed by atoms with E-state index >= 15 is 0 Å². The van der Waals surface area contributed by atoms with Crippen LogP contribution in [0, 0.1) is 6.92 Å². The molecule has 0 bridgehead atoms. The van der Waals surface area contributed by atoms with Crippen LogP contribution in [0.1, 0.15) is 5.56 Å². The molecule has 0 aliphatic carbocycles. The lowest BCUT2D eigenvalue weighted by Gasteiger charge is -2.04. The van der Waals surface area contributed by atoms with Crippen LogP contribution in [0.2, 0.25) is 0 Å². The number of rotatable bonds is 4. The largest absolute Gasteiger partial charge is 0.505 e. The van der Waals surface area contributed by atoms with Gasteiger partial charge in [-0.15, -0.1) is 0 Å². The van der Waals surface area contributed by atoms with Gasteiger partial charge in [0.1, 0.15) is 6.61 Å². The van der Waals surface area contributed by atoms with Crippen molar-refractivity contribution in [3.63, 3.8) is 0 Å². The van der Waals surface area contributed by atoms with E-state index in [-0.39, 0.29) is 17.3 Å². The first kappa shape index (κ1) is 12.5. The molecule has 1 N–H and O–H groups in total. The molecular formula is C10H12O5S. The van der Waals surface area contributed by atoms with Gasteiger partial charge in [-0.1, -0.05) is 17.7 Å². The molecule has 0 saturated carbocycles. The smallest absolute Gasteiger partial charge is 0.450 e. The van der Waals surface area contributed by atoms with Crippen LogP contribution in [0.15, 0.2) is 29.2 Å². The third kappa shape index (κ3) is 3.54. The van der Waals surface area contributed by atoms with Crippen molar-refractivity contribution in [1.29, 1.82) is 0 Å². The molecule has 1 rings (SSSR count). The monoisotopic (exact) mass is 244 g/mol. The topological polar surface area (TPSA) is 80.7 Å². The van der Waals surface area contributed by atoms with Gasteiger partial charge in [-0.3, -0.25) is 0 Å². The molecule has 1 aromatic rings. The van der Waals surface area contributed by atoms with Crippen molar-refractivity contribution in [1.82, 2.24) is 0 Å². The Morgan fingerprint density at radius 1 is 1.31 bits per heavy atom. The van der Waals surface area contributed by atoms with Gasteiger partial charge in [-0.25, -0.2) is 13.2 Å². The van der Waals surface area contributed by atoms with E-state index in [1.807, 2.05) is 6.92 Å². The summed E-state index contributed by atoms with van der Waals surface area (Å²) in [6.07, 6.45) is -1.47. The molecule has 0 aliphatic heterocycles. The van der Waals surface area contributed by atoms with Crippen LogP contribution in [0.4, 0.5) is 4.79 Å². The van der Waals surface area contributed by atoms with Gasteiger partial charge in [-0.05, 0) is 19.1 Å². The van der Waals surface area contributed by atoms with E-state index in [0.29, 0.717) is 0 Å². The second-order valence-corrected chi connectivity index (χ2v) is 5.36. The van der Waals surface area contributed by atoms with E-state index in [2.05, 4.69) is 4.74 Å². The first-order chi connectivity index (χ1) is 7.42. The Morgan fingerprint density at radius 3 is 2.38 bits per heavy atom. The Kier molecular flexibility index (Phi) is 3.89. The van der Waals surface area contributed by atoms with Gasteiger partial charge in [0.15, 0.2) is 9.84 Å². The maximum atomic E-state index is 11.7. The second-order valence-electron chi connectivity index (χ2n) is 3.25. The Labute approximate surface area is 93.6 Å². The van der Waals surface area contributed by atoms with Crippen LogP contribution in [-0.4, -0.2) is 32.0 Å². The number of carbonyl (C=O) groups is 1. The van der Waals surface area contributed by atoms with Crippen LogP contribution in [0.5, 0.6) is 0 Å². The lowest BCUT2D eigenvalue weighted by molar-refractivity contribution is 0.0972. The summed E-state index contributed by atoms with van der Waals surface area (Å²) in [6, 6.07) is 6.35. The molecule has 6 heteroatoms. The number of hydrogen-bond acceptors (Lipinski definition) is 4. The maximum Gasteiger partial charge on any atom is 0.505 e. The first-order valence-electron chi connectivity index (χ1n) is 4.57. The number of sulfone groups is 1. The van der Waals surface area contributed by atoms with Crippen molar-refractivity contribution >= 4 is 16.0 Å². The predicted molar refractivity (Wildman–Crippen MR) is 57.2 cm³/mol. The Hall–Kier alpha value is -1.56. The van der Waals surface area contributed by atoms with Crippen molar-refractivity contribution < 1.29 is 23.1 Å². The molecule has 0 atom stereocenters. The number of benzene rings is 1. The minimum Gasteiger partial charge on any atom is -0.450 e. The van der Waals surface area contributed by atoms with Gasteiger partial charge >= 0.3 is 6.16 Å². The van der Waals surface area contributed by atoms with Crippen LogP contribution < -0.4 is 0 Å². The summed E-state index contributed by atoms with van der Waals surface area (Å²) in [7, 11) is -3.46. The van der Waals surface area contributed by atoms with E-state index < -0.39 is 16.0 Å². The Bertz CT molecular complexity index is 460. The molecule has 0 spiro atoms. The van der Waals surface area contributed by atoms with E-state index in [0.717, 1.165) is 5.56 Å². The van der Waals surface area contributed by atoms with Crippen LogP contribution in [0.3, 0.4) is 0 Å². The highest BCUT2D eigenvalue weighted by molar-refractivity contribution is 7.91. The van der Waals surface area contributed by atoms with E-state index in [1.54, 1.807) is 12.1 Å². The highest BCUT2D eigenvalue weighted by Crippen LogP contribution is 2.11. The number of aryl methyl sites for hydroxylation is 1. The number of ether oxygens (including phenoxy) is 1. The van der Waals surface area contributed by atoms with Gasteiger partial charge < -0.3 is 9.84 Å². The van der Waals surface area contributed by atoms with Gasteiger partial charge in [0.05, 0.1) is 10.6 Å². The summed E-state index contributed by atoms with van der Waals surface area (Å²) < 4.78 is 27.5. The first-order valence-corrected chi connectivity index (χ1v) is 6.22. The lowest BCUT2D eigenvalue weighted by Crippen LogP contribution is -2.14. The molecule has 0 heterocycles. The third-order valence-corrected chi connectivity index (χ3v) is 3.65. The summed E-state index contributed by atoms with van der Waals surface area (Å²) in [5.74, 6) is -0.345. The number of carboxylic acid groups (broad SMARTS) is 1. The van der Waals surface area contributed by atoms with E-state index in [9.17, 15) is 13.2 Å². The molecule has 0 fully saturated rings. The quantitative estimate of drug-likeness (QED) is 0.811. The van der Waals surface area contributed by atoms with Gasteiger partial charge in [0, 0.05) is 0 Å². The van der Waals surface area contributed by atoms with Gasteiger partial charge in [-0.2, -0.15) is 0 Å². The molecule has 88 valence electrons. The fraction of sp³-hybridized carbons (Fsp3) is 0.300. The predicted octanol–water partition coefficient (Wildman–Crippen LogP) is 1.46. The lowest BCUT2D eigenvalue weighted by atomic mass is 10.2. The average molecular weight is 244 g/mol. The van der Waals surface area contributed by atoms with Gasteiger partial charge in [0.2, 0.25) is 0 Å². The minimum atomic E-state index is -3.46. The molecule has 1 aromatic carbocycles. The summed E-state index contributed by atoms with van der Waals surface area (Å²) in [5.41, 5.74) is 0.959. The zero-order chi connectivity index (χ0) is 12.2. The molecule has 0 aromatic heterocycles. The van der Waals surface area contributed by atoms with Crippen molar-refractivity contribution in [3.8, 4) is 0 Å². The molecule has 16 heavy (non-hydrogen) atoms. The fourth-order valence-corrected chi connectivity index (χ4v) is 2.19. The van der Waals surface area contributed by atoms with Crippen LogP contribution in [0.25, 0.3) is 0 Å². The molecule has 0 radical (unpaired) electrons. The normalized spacial score (nSPS) is 11.1. The van der Waals surface area contributed by atoms with E-state index in [4.69, 9.17) is 5.11 Å². The third-order valence-electron chi connectivity index (χ3n) is 1.96. The van der Waals surface area contributed by atoms with Crippen molar-refractivity contribution in [2.45, 2.75) is 11.8 Å². The fourth-order valence-electron chi connectivity index (χ4n) is 1.10. The zero-order valence-electron chi connectivity index (χ0n) is 8.71. The molecule has 0 saturated heterocycles. The molecule has 5 nitrogen and oxygen atoms in total. The van der Waals surface area contributed by atoms with Crippen LogP contribution >= 0.6 is 0 Å². The second kappa shape index (κ2) is 4.98. The SMILES string of the molecule is Cc1ccc(S(=O)(=O)CCOC(=O)O)cc1. The summed E-state index contributed by atoms with van der Waals surface area (Å²) in [4.78, 5) is 10.2. The number of hydrogen-bond donors (Lipinski definition) is 1. The summed E-state index contributed by atoms with van der Waals surface area (Å²) in [6.45, 7) is 1.50. The average Bonchev–Trinajstić information content (AvgIpc) is 2.17. The standard InChI is InChI=1S/C10H12O5S/c1-8-2-4-9(5-3-8)16(13,14)7-6-15-10(11)12/h2-5H,6-7H2,1H3,(H,11,12). The maximum absolute atomic E-state index is 11.7. The minimum absolute atomic E-state index is 0.173. The van der Waals surface area contributed by atoms with Crippen LogP contribution in [-0.2, 0) is 14.6 Å². The molecule has 0 aliphatic rings. The van der Waals surface area contributed by atoms with Crippen molar-refractivity contribution in [2.75, 3.05) is 12.4 Å². The highest BCUT2D eigenvalue weighted by atomic mass is 32.2. The molecule has 0 amide bonds. The van der Waals surface area contributed by atoms with E-state index in [1.165, 1.54) is 12.1 Å².